The lowest BCUT2D eigenvalue weighted by Crippen LogP contribution is -2.32. The minimum absolute atomic E-state index is 0.0280. The van der Waals surface area contributed by atoms with E-state index in [4.69, 9.17) is 22.8 Å². The number of nitrogens with one attached hydrogen (secondary N) is 1. The summed E-state index contributed by atoms with van der Waals surface area (Å²) in [5.74, 6) is -0.253. The number of rotatable bonds is 16. The van der Waals surface area contributed by atoms with Crippen molar-refractivity contribution in [2.75, 3.05) is 25.9 Å². The molecule has 0 spiro atoms. The smallest absolute Gasteiger partial charge is 0.336 e. The number of aromatic amines is 1. The van der Waals surface area contributed by atoms with Crippen molar-refractivity contribution in [3.63, 3.8) is 0 Å². The molecule has 1 saturated heterocycles. The second-order valence-electron chi connectivity index (χ2n) is 11.9. The topological polar surface area (TPSA) is 164 Å². The van der Waals surface area contributed by atoms with Crippen molar-refractivity contribution in [1.29, 1.82) is 0 Å². The fourth-order valence-corrected chi connectivity index (χ4v) is 8.75. The van der Waals surface area contributed by atoms with Gasteiger partial charge in [-0.15, -0.1) is 0 Å². The summed E-state index contributed by atoms with van der Waals surface area (Å²) in [5.41, 5.74) is -0.473. The van der Waals surface area contributed by atoms with Gasteiger partial charge in [0.15, 0.2) is 11.2 Å². The molecule has 2 aromatic heterocycles. The van der Waals surface area contributed by atoms with Gasteiger partial charge in [-0.05, 0) is 62.3 Å². The van der Waals surface area contributed by atoms with Crippen molar-refractivity contribution in [2.24, 2.45) is 0 Å². The maximum absolute atomic E-state index is 13.7. The Kier molecular flexibility index (Phi) is 12.3. The molecule has 1 N–H and O–H groups in total. The van der Waals surface area contributed by atoms with E-state index in [1.807, 2.05) is 0 Å². The molecule has 14 nitrogen and oxygen atoms in total. The van der Waals surface area contributed by atoms with E-state index in [-0.39, 0.29) is 73.7 Å². The van der Waals surface area contributed by atoms with Gasteiger partial charge in [0.05, 0.1) is 67.6 Å². The molecule has 2 aromatic rings. The summed E-state index contributed by atoms with van der Waals surface area (Å²) in [4.78, 5) is 38.4. The summed E-state index contributed by atoms with van der Waals surface area (Å²) < 4.78 is 57.8. The maximum Gasteiger partial charge on any atom is 0.336 e. The SMILES string of the molecule is CC(C)OP(=O)(CCC(=O)N1C[C@H](OCC(C)P(=O)(OC(C)C)OC(C)C)[C@H](n2cnc3c(=O)[nH]cnc32)C1)OC(C)C. The van der Waals surface area contributed by atoms with Gasteiger partial charge in [0.2, 0.25) is 5.91 Å². The van der Waals surface area contributed by atoms with E-state index in [0.717, 1.165) is 0 Å². The van der Waals surface area contributed by atoms with Crippen LogP contribution in [0.1, 0.15) is 74.8 Å². The summed E-state index contributed by atoms with van der Waals surface area (Å²) >= 11 is 0. The van der Waals surface area contributed by atoms with Crippen LogP contribution in [0.25, 0.3) is 11.2 Å². The van der Waals surface area contributed by atoms with Gasteiger partial charge in [0, 0.05) is 19.5 Å². The molecule has 16 heteroatoms. The molecule has 43 heavy (non-hydrogen) atoms. The zero-order valence-corrected chi connectivity index (χ0v) is 28.4. The first-order valence-electron chi connectivity index (χ1n) is 14.8. The Morgan fingerprint density at radius 3 is 2.07 bits per heavy atom. The second-order valence-corrected chi connectivity index (χ2v) is 16.4. The first-order chi connectivity index (χ1) is 20.0. The van der Waals surface area contributed by atoms with Gasteiger partial charge >= 0.3 is 15.2 Å². The normalized spacial score (nSPS) is 19.0. The highest BCUT2D eigenvalue weighted by Crippen LogP contribution is 2.55. The fourth-order valence-electron chi connectivity index (χ4n) is 4.83. The van der Waals surface area contributed by atoms with Gasteiger partial charge < -0.3 is 37.3 Å². The molecular weight excluding hydrogens is 600 g/mol. The number of aromatic nitrogens is 4. The number of carbonyl (C=O) groups excluding carboxylic acids is 1. The van der Waals surface area contributed by atoms with Crippen molar-refractivity contribution in [3.05, 3.63) is 23.0 Å². The van der Waals surface area contributed by atoms with Gasteiger partial charge in [-0.3, -0.25) is 18.7 Å². The number of imidazole rings is 1. The summed E-state index contributed by atoms with van der Waals surface area (Å²) in [6.07, 6.45) is 0.777. The third-order valence-electron chi connectivity index (χ3n) is 6.46. The van der Waals surface area contributed by atoms with E-state index in [2.05, 4.69) is 15.0 Å². The van der Waals surface area contributed by atoms with E-state index >= 15 is 0 Å². The lowest BCUT2D eigenvalue weighted by Gasteiger charge is -2.29. The average Bonchev–Trinajstić information content (AvgIpc) is 3.48. The third-order valence-corrected chi connectivity index (χ3v) is 11.4. The Morgan fingerprint density at radius 2 is 1.51 bits per heavy atom. The minimum atomic E-state index is -3.53. The van der Waals surface area contributed by atoms with Crippen molar-refractivity contribution >= 4 is 32.3 Å². The molecule has 1 unspecified atom stereocenters. The lowest BCUT2D eigenvalue weighted by atomic mass is 10.2. The zero-order valence-electron chi connectivity index (χ0n) is 26.6. The summed E-state index contributed by atoms with van der Waals surface area (Å²) in [5, 5.41) is 0. The van der Waals surface area contributed by atoms with Gasteiger partial charge in [0.1, 0.15) is 0 Å². The van der Waals surface area contributed by atoms with Gasteiger partial charge in [-0.1, -0.05) is 0 Å². The molecule has 3 rings (SSSR count). The minimum Gasteiger partial charge on any atom is -0.373 e. The number of hydrogen-bond donors (Lipinski definition) is 1. The van der Waals surface area contributed by atoms with Crippen molar-refractivity contribution in [3.8, 4) is 0 Å². The molecule has 1 aliphatic heterocycles. The lowest BCUT2D eigenvalue weighted by molar-refractivity contribution is -0.130. The number of ether oxygens (including phenoxy) is 1. The van der Waals surface area contributed by atoms with Crippen LogP contribution in [-0.4, -0.2) is 92.4 Å². The van der Waals surface area contributed by atoms with Crippen LogP contribution in [0.15, 0.2) is 17.4 Å². The molecule has 0 aromatic carbocycles. The third kappa shape index (κ3) is 9.53. The molecule has 1 amide bonds. The molecule has 0 radical (unpaired) electrons. The van der Waals surface area contributed by atoms with Crippen molar-refractivity contribution in [1.82, 2.24) is 24.4 Å². The standard InChI is InChI=1S/C27H47N5O9P2/c1-17(2)38-42(35,39-18(3)4)11-10-24(33)31-12-22(32-16-30-25-26(32)28-15-29-27(25)34)23(13-31)37-14-21(9)43(36,40-19(5)6)41-20(7)8/h15-23H,10-14H2,1-9H3,(H,28,29,34)/t21?,22-,23+/m1/s1. The quantitative estimate of drug-likeness (QED) is 0.250. The van der Waals surface area contributed by atoms with Crippen LogP contribution in [-0.2, 0) is 36.8 Å². The molecule has 3 atom stereocenters. The van der Waals surface area contributed by atoms with Gasteiger partial charge in [-0.2, -0.15) is 0 Å². The predicted molar refractivity (Wildman–Crippen MR) is 163 cm³/mol. The molecule has 0 saturated carbocycles. The maximum atomic E-state index is 13.7. The Bertz CT molecular complexity index is 1350. The molecule has 0 aliphatic carbocycles. The summed E-state index contributed by atoms with van der Waals surface area (Å²) in [7, 11) is -7.05. The molecule has 1 aliphatic rings. The van der Waals surface area contributed by atoms with E-state index in [9.17, 15) is 18.7 Å². The number of hydrogen-bond acceptors (Lipinski definition) is 11. The number of amides is 1. The van der Waals surface area contributed by atoms with Gasteiger partial charge in [0.25, 0.3) is 5.56 Å². The van der Waals surface area contributed by atoms with Crippen LogP contribution < -0.4 is 5.56 Å². The van der Waals surface area contributed by atoms with Crippen LogP contribution in [0.2, 0.25) is 0 Å². The Morgan fingerprint density at radius 1 is 0.930 bits per heavy atom. The molecule has 1 fully saturated rings. The Labute approximate surface area is 253 Å². The van der Waals surface area contributed by atoms with Crippen LogP contribution in [0.4, 0.5) is 0 Å². The van der Waals surface area contributed by atoms with Crippen LogP contribution >= 0.6 is 15.2 Å². The zero-order chi connectivity index (χ0) is 32.1. The number of nitrogens with zero attached hydrogens (tertiary/aromatic N) is 4. The monoisotopic (exact) mass is 647 g/mol. The van der Waals surface area contributed by atoms with Crippen molar-refractivity contribution < 1.29 is 36.8 Å². The van der Waals surface area contributed by atoms with Crippen molar-refractivity contribution in [2.45, 2.75) is 111 Å². The number of H-pyrrole nitrogens is 1. The molecular formula is C27H47N5O9P2. The van der Waals surface area contributed by atoms with E-state index < -0.39 is 33.0 Å². The molecule has 3 heterocycles. The van der Waals surface area contributed by atoms with E-state index in [1.54, 1.807) is 71.8 Å². The van der Waals surface area contributed by atoms with Crippen LogP contribution in [0.5, 0.6) is 0 Å². The summed E-state index contributed by atoms with van der Waals surface area (Å²) in [6.45, 7) is 16.4. The number of likely N-dealkylation sites (tertiary alicyclic amines) is 1. The first-order valence-corrected chi connectivity index (χ1v) is 18.1. The van der Waals surface area contributed by atoms with Crippen LogP contribution in [0, 0.1) is 0 Å². The van der Waals surface area contributed by atoms with E-state index in [0.29, 0.717) is 5.65 Å². The van der Waals surface area contributed by atoms with E-state index in [1.165, 1.54) is 12.7 Å². The highest BCUT2D eigenvalue weighted by molar-refractivity contribution is 7.54. The Balaban J connectivity index is 1.83. The second kappa shape index (κ2) is 14.9. The van der Waals surface area contributed by atoms with Gasteiger partial charge in [-0.25, -0.2) is 9.97 Å². The fraction of sp³-hybridized carbons (Fsp3) is 0.778. The first kappa shape index (κ1) is 35.6. The average molecular weight is 648 g/mol. The van der Waals surface area contributed by atoms with Crippen LogP contribution in [0.3, 0.4) is 0 Å². The largest absolute Gasteiger partial charge is 0.373 e. The molecule has 0 bridgehead atoms. The predicted octanol–water partition coefficient (Wildman–Crippen LogP) is 4.75. The number of carbonyl (C=O) groups is 1. The summed E-state index contributed by atoms with van der Waals surface area (Å²) in [6, 6.07) is -0.461. The number of fused-ring (bicyclic) bond motifs is 1. The molecule has 244 valence electrons. The Hall–Kier alpha value is -1.92. The highest BCUT2D eigenvalue weighted by Gasteiger charge is 2.41. The highest BCUT2D eigenvalue weighted by atomic mass is 31.2.